The Kier molecular flexibility index (Phi) is 6.19. The highest BCUT2D eigenvalue weighted by Crippen LogP contribution is 2.33. The molecule has 4 heterocycles. The van der Waals surface area contributed by atoms with Crippen molar-refractivity contribution in [2.24, 2.45) is 5.92 Å². The summed E-state index contributed by atoms with van der Waals surface area (Å²) in [4.78, 5) is 22.9. The summed E-state index contributed by atoms with van der Waals surface area (Å²) < 4.78 is 7.69. The van der Waals surface area contributed by atoms with E-state index in [-0.39, 0.29) is 18.1 Å². The number of carbonyl (C=O) groups excluding carboxylic acids is 1. The van der Waals surface area contributed by atoms with Gasteiger partial charge in [0.25, 0.3) is 5.91 Å². The fourth-order valence-electron chi connectivity index (χ4n) is 5.25. The number of anilines is 1. The van der Waals surface area contributed by atoms with Crippen molar-refractivity contribution in [3.63, 3.8) is 0 Å². The second kappa shape index (κ2) is 9.28. The molecule has 7 nitrogen and oxygen atoms in total. The Morgan fingerprint density at radius 3 is 2.76 bits per heavy atom. The first-order valence-electron chi connectivity index (χ1n) is 12.6. The Hall–Kier alpha value is -3.09. The lowest BCUT2D eigenvalue weighted by Crippen LogP contribution is -2.38. The zero-order chi connectivity index (χ0) is 23.8. The third-order valence-corrected chi connectivity index (χ3v) is 6.91. The normalized spacial score (nSPS) is 21.0. The van der Waals surface area contributed by atoms with Gasteiger partial charge >= 0.3 is 0 Å². The molecule has 0 radical (unpaired) electrons. The van der Waals surface area contributed by atoms with Crippen molar-refractivity contribution >= 4 is 17.4 Å². The van der Waals surface area contributed by atoms with Gasteiger partial charge in [0.2, 0.25) is 0 Å². The maximum Gasteiger partial charge on any atom is 0.254 e. The quantitative estimate of drug-likeness (QED) is 0.533. The van der Waals surface area contributed by atoms with Gasteiger partial charge in [-0.3, -0.25) is 4.79 Å². The van der Waals surface area contributed by atoms with Gasteiger partial charge in [0.15, 0.2) is 5.65 Å². The molecule has 1 aromatic carbocycles. The molecular weight excluding hydrogens is 426 g/mol. The third-order valence-electron chi connectivity index (χ3n) is 6.91. The molecule has 2 aliphatic rings. The van der Waals surface area contributed by atoms with Crippen LogP contribution in [0.1, 0.15) is 74.1 Å². The van der Waals surface area contributed by atoms with Crippen molar-refractivity contribution in [1.82, 2.24) is 19.5 Å². The zero-order valence-electron chi connectivity index (χ0n) is 20.7. The summed E-state index contributed by atoms with van der Waals surface area (Å²) in [6.07, 6.45) is 6.35. The Labute approximate surface area is 201 Å². The number of amides is 1. The number of benzene rings is 1. The van der Waals surface area contributed by atoms with E-state index in [1.165, 1.54) is 6.42 Å². The number of likely N-dealkylation sites (tertiary alicyclic amines) is 1. The van der Waals surface area contributed by atoms with Crippen LogP contribution in [0.3, 0.4) is 0 Å². The summed E-state index contributed by atoms with van der Waals surface area (Å²) in [6.45, 7) is 11.2. The van der Waals surface area contributed by atoms with Crippen molar-refractivity contribution in [3.05, 3.63) is 53.3 Å². The summed E-state index contributed by atoms with van der Waals surface area (Å²) in [7, 11) is 0. The molecule has 2 saturated heterocycles. The third kappa shape index (κ3) is 4.48. The van der Waals surface area contributed by atoms with Crippen molar-refractivity contribution in [3.8, 4) is 5.75 Å². The predicted octanol–water partition coefficient (Wildman–Crippen LogP) is 5.04. The van der Waals surface area contributed by atoms with Crippen LogP contribution in [0.4, 0.5) is 5.82 Å². The van der Waals surface area contributed by atoms with Crippen molar-refractivity contribution in [2.75, 3.05) is 24.5 Å². The smallest absolute Gasteiger partial charge is 0.254 e. The average Bonchev–Trinajstić information content (AvgIpc) is 3.43. The lowest BCUT2D eigenvalue weighted by molar-refractivity contribution is 0.0605. The van der Waals surface area contributed by atoms with E-state index >= 15 is 0 Å². The molecule has 3 aromatic rings. The number of rotatable bonds is 5. The van der Waals surface area contributed by atoms with Crippen molar-refractivity contribution in [2.45, 2.75) is 65.5 Å². The molecule has 2 aliphatic heterocycles. The molecule has 180 valence electrons. The number of carbonyl (C=O) groups is 1. The van der Waals surface area contributed by atoms with E-state index in [1.54, 1.807) is 0 Å². The number of aryl methyl sites for hydroxylation is 1. The van der Waals surface area contributed by atoms with Crippen molar-refractivity contribution < 1.29 is 9.53 Å². The maximum absolute atomic E-state index is 13.6. The van der Waals surface area contributed by atoms with Crippen LogP contribution >= 0.6 is 0 Å². The molecule has 0 bridgehead atoms. The first kappa shape index (κ1) is 22.7. The van der Waals surface area contributed by atoms with Gasteiger partial charge < -0.3 is 14.5 Å². The predicted molar refractivity (Wildman–Crippen MR) is 134 cm³/mol. The molecule has 1 amide bonds. The Bertz CT molecular complexity index is 1190. The molecule has 0 N–H and O–H groups in total. The number of hydrogen-bond donors (Lipinski definition) is 0. The fourth-order valence-corrected chi connectivity index (χ4v) is 5.25. The van der Waals surface area contributed by atoms with Gasteiger partial charge in [-0.2, -0.15) is 5.10 Å². The maximum atomic E-state index is 13.6. The highest BCUT2D eigenvalue weighted by molar-refractivity contribution is 5.95. The summed E-state index contributed by atoms with van der Waals surface area (Å²) >= 11 is 0. The first-order chi connectivity index (χ1) is 16.4. The number of nitrogens with zero attached hydrogens (tertiary/aromatic N) is 5. The zero-order valence-corrected chi connectivity index (χ0v) is 20.7. The molecule has 0 aliphatic carbocycles. The van der Waals surface area contributed by atoms with Crippen LogP contribution in [-0.2, 0) is 0 Å². The lowest BCUT2D eigenvalue weighted by Gasteiger charge is -2.34. The van der Waals surface area contributed by atoms with E-state index in [4.69, 9.17) is 14.8 Å². The van der Waals surface area contributed by atoms with Gasteiger partial charge in [-0.1, -0.05) is 13.0 Å². The second-order valence-electron chi connectivity index (χ2n) is 10.2. The molecule has 0 spiro atoms. The van der Waals surface area contributed by atoms with Gasteiger partial charge in [-0.05, 0) is 70.6 Å². The van der Waals surface area contributed by atoms with E-state index in [1.807, 2.05) is 47.5 Å². The first-order valence-corrected chi connectivity index (χ1v) is 12.6. The summed E-state index contributed by atoms with van der Waals surface area (Å²) in [5.41, 5.74) is 3.56. The lowest BCUT2D eigenvalue weighted by atomic mass is 9.98. The van der Waals surface area contributed by atoms with Gasteiger partial charge in [-0.25, -0.2) is 9.50 Å². The van der Waals surface area contributed by atoms with Gasteiger partial charge in [0.1, 0.15) is 11.6 Å². The summed E-state index contributed by atoms with van der Waals surface area (Å²) in [5, 5.41) is 4.88. The van der Waals surface area contributed by atoms with Crippen LogP contribution in [0.15, 0.2) is 36.5 Å². The van der Waals surface area contributed by atoms with Gasteiger partial charge in [-0.15, -0.1) is 0 Å². The fraction of sp³-hybridized carbons (Fsp3) is 0.519. The minimum atomic E-state index is -0.0480. The van der Waals surface area contributed by atoms with E-state index in [9.17, 15) is 4.79 Å². The molecule has 7 heteroatoms. The Balaban J connectivity index is 1.43. The topological polar surface area (TPSA) is 63.0 Å². The molecular formula is C27H35N5O2. The number of piperidine rings is 1. The Morgan fingerprint density at radius 1 is 1.15 bits per heavy atom. The molecule has 34 heavy (non-hydrogen) atoms. The van der Waals surface area contributed by atoms with Crippen LogP contribution in [0.25, 0.3) is 5.65 Å². The van der Waals surface area contributed by atoms with Crippen LogP contribution in [0.2, 0.25) is 0 Å². The highest BCUT2D eigenvalue weighted by atomic mass is 16.5. The largest absolute Gasteiger partial charge is 0.491 e. The number of ether oxygens (including phenoxy) is 1. The Morgan fingerprint density at radius 2 is 2.00 bits per heavy atom. The number of hydrogen-bond acceptors (Lipinski definition) is 5. The average molecular weight is 462 g/mol. The van der Waals surface area contributed by atoms with Crippen LogP contribution in [0, 0.1) is 12.8 Å². The van der Waals surface area contributed by atoms with E-state index < -0.39 is 0 Å². The van der Waals surface area contributed by atoms with Crippen LogP contribution in [-0.4, -0.2) is 51.1 Å². The molecule has 0 unspecified atom stereocenters. The molecule has 2 fully saturated rings. The second-order valence-corrected chi connectivity index (χ2v) is 10.2. The minimum Gasteiger partial charge on any atom is -0.491 e. The monoisotopic (exact) mass is 461 g/mol. The molecule has 2 atom stereocenters. The summed E-state index contributed by atoms with van der Waals surface area (Å²) in [5.74, 6) is 2.52. The van der Waals surface area contributed by atoms with Gasteiger partial charge in [0, 0.05) is 43.0 Å². The van der Waals surface area contributed by atoms with E-state index in [0.717, 1.165) is 67.4 Å². The highest BCUT2D eigenvalue weighted by Gasteiger charge is 2.31. The van der Waals surface area contributed by atoms with Gasteiger partial charge in [0.05, 0.1) is 17.8 Å². The van der Waals surface area contributed by atoms with Crippen molar-refractivity contribution in [1.29, 1.82) is 0 Å². The van der Waals surface area contributed by atoms with E-state index in [2.05, 4.69) is 31.0 Å². The number of aromatic nitrogens is 3. The van der Waals surface area contributed by atoms with Crippen LogP contribution in [0.5, 0.6) is 5.75 Å². The SMILES string of the molecule is Cc1cn2nc([C@@H]3CCCCN3C(=O)c3cccc(OC(C)C)c3)cc2nc1N1CC[C@H](C)C1. The molecule has 5 rings (SSSR count). The summed E-state index contributed by atoms with van der Waals surface area (Å²) in [6, 6.07) is 9.54. The van der Waals surface area contributed by atoms with Crippen LogP contribution < -0.4 is 9.64 Å². The van der Waals surface area contributed by atoms with E-state index in [0.29, 0.717) is 11.5 Å². The number of fused-ring (bicyclic) bond motifs is 1. The molecule has 2 aromatic heterocycles. The minimum absolute atomic E-state index is 0.0341. The molecule has 0 saturated carbocycles. The standard InChI is InChI=1S/C27H35N5O2/c1-18(2)34-22-9-7-8-21(14-22)27(33)31-12-6-5-10-24(31)23-15-25-28-26(20(4)17-32(25)29-23)30-13-11-19(3)16-30/h7-9,14-15,17-19,24H,5-6,10-13,16H2,1-4H3/t19-,24-/m0/s1.